The van der Waals surface area contributed by atoms with E-state index in [0.29, 0.717) is 37.6 Å². The number of piperidine rings is 1. The lowest BCUT2D eigenvalue weighted by molar-refractivity contribution is -0.145. The number of para-hydroxylation sites is 1. The van der Waals surface area contributed by atoms with Crippen LogP contribution in [0, 0.1) is 5.82 Å². The first kappa shape index (κ1) is 29.0. The molecule has 0 radical (unpaired) electrons. The van der Waals surface area contributed by atoms with E-state index in [9.17, 15) is 17.6 Å². The monoisotopic (exact) mass is 633 g/mol. The predicted octanol–water partition coefficient (Wildman–Crippen LogP) is 5.69. The second kappa shape index (κ2) is 11.0. The Morgan fingerprint density at radius 2 is 1.91 bits per heavy atom. The number of likely N-dealkylation sites (tertiary alicyclic amines) is 1. The summed E-state index contributed by atoms with van der Waals surface area (Å²) in [6.07, 6.45) is -2.88. The Morgan fingerprint density at radius 1 is 1.11 bits per heavy atom. The van der Waals surface area contributed by atoms with Gasteiger partial charge in [0.15, 0.2) is 17.2 Å². The fraction of sp³-hybridized carbons (Fsp3) is 0.448. The van der Waals surface area contributed by atoms with Crippen molar-refractivity contribution in [2.24, 2.45) is 0 Å². The van der Waals surface area contributed by atoms with Crippen molar-refractivity contribution in [1.82, 2.24) is 35.1 Å². The number of fused-ring (bicyclic) bond motifs is 1. The number of hydrogen-bond acceptors (Lipinski definition) is 8. The summed E-state index contributed by atoms with van der Waals surface area (Å²) in [6.45, 7) is 3.66. The molecule has 232 valence electrons. The smallest absolute Gasteiger partial charge is 0.433 e. The average Bonchev–Trinajstić information content (AvgIpc) is 3.68. The maximum absolute atomic E-state index is 14.8. The molecule has 3 aliphatic heterocycles. The van der Waals surface area contributed by atoms with Gasteiger partial charge in [-0.2, -0.15) is 18.4 Å². The summed E-state index contributed by atoms with van der Waals surface area (Å²) in [5, 5.41) is 13.5. The van der Waals surface area contributed by atoms with E-state index in [1.807, 2.05) is 12.1 Å². The zero-order chi connectivity index (χ0) is 30.6. The zero-order valence-corrected chi connectivity index (χ0v) is 24.3. The van der Waals surface area contributed by atoms with Crippen LogP contribution in [0.4, 0.5) is 17.6 Å². The van der Waals surface area contributed by atoms with Crippen LogP contribution in [0.1, 0.15) is 54.7 Å². The molecule has 0 bridgehead atoms. The molecule has 0 aliphatic carbocycles. The van der Waals surface area contributed by atoms with Gasteiger partial charge in [0, 0.05) is 24.1 Å². The van der Waals surface area contributed by atoms with Gasteiger partial charge >= 0.3 is 6.18 Å². The molecule has 3 aliphatic rings. The van der Waals surface area contributed by atoms with E-state index < -0.39 is 23.5 Å². The molecule has 7 rings (SSSR count). The number of tetrazole rings is 1. The number of benzene rings is 2. The van der Waals surface area contributed by atoms with E-state index in [-0.39, 0.29) is 53.0 Å². The average molecular weight is 634 g/mol. The Balaban J connectivity index is 1.10. The van der Waals surface area contributed by atoms with Crippen molar-refractivity contribution in [3.8, 4) is 23.0 Å². The molecule has 2 aromatic carbocycles. The zero-order valence-electron chi connectivity index (χ0n) is 23.6. The van der Waals surface area contributed by atoms with Gasteiger partial charge in [0.25, 0.3) is 5.79 Å². The van der Waals surface area contributed by atoms with Crippen molar-refractivity contribution in [2.45, 2.75) is 63.3 Å². The third-order valence-corrected chi connectivity index (χ3v) is 8.71. The largest absolute Gasteiger partial charge is 0.444 e. The number of aromatic amines is 1. The molecular weight excluding hydrogens is 606 g/mol. The molecule has 10 nitrogen and oxygen atoms in total. The van der Waals surface area contributed by atoms with E-state index in [2.05, 4.69) is 30.5 Å². The van der Waals surface area contributed by atoms with Crippen molar-refractivity contribution in [1.29, 1.82) is 0 Å². The second-order valence-corrected chi connectivity index (χ2v) is 11.8. The normalized spacial score (nSPS) is 22.4. The Kier molecular flexibility index (Phi) is 7.25. The number of nitrogens with one attached hydrogen (secondary N) is 1. The third kappa shape index (κ3) is 5.28. The van der Waals surface area contributed by atoms with Gasteiger partial charge < -0.3 is 18.8 Å². The summed E-state index contributed by atoms with van der Waals surface area (Å²) in [7, 11) is 0. The molecule has 44 heavy (non-hydrogen) atoms. The summed E-state index contributed by atoms with van der Waals surface area (Å²) in [6, 6.07) is 10.0. The number of hydrogen-bond donors (Lipinski definition) is 1. The number of aromatic nitrogens is 6. The summed E-state index contributed by atoms with van der Waals surface area (Å²) >= 11 is 5.94. The first-order valence-corrected chi connectivity index (χ1v) is 14.7. The number of halogens is 5. The molecule has 0 saturated carbocycles. The number of imidazole rings is 1. The molecule has 2 atom stereocenters. The van der Waals surface area contributed by atoms with Gasteiger partial charge in [-0.15, -0.1) is 10.2 Å². The Hall–Kier alpha value is -3.75. The fourth-order valence-electron chi connectivity index (χ4n) is 6.19. The molecule has 15 heteroatoms. The van der Waals surface area contributed by atoms with Crippen LogP contribution >= 0.6 is 11.6 Å². The van der Waals surface area contributed by atoms with Crippen molar-refractivity contribution in [3.05, 3.63) is 69.9 Å². The van der Waals surface area contributed by atoms with Crippen LogP contribution in [0.2, 0.25) is 5.02 Å². The van der Waals surface area contributed by atoms with Crippen LogP contribution in [0.3, 0.4) is 0 Å². The van der Waals surface area contributed by atoms with Crippen LogP contribution < -0.4 is 9.47 Å². The summed E-state index contributed by atoms with van der Waals surface area (Å²) in [4.78, 5) is 6.48. The Labute approximate surface area is 254 Å². The first-order valence-electron chi connectivity index (χ1n) is 14.3. The van der Waals surface area contributed by atoms with Gasteiger partial charge in [-0.3, -0.25) is 4.90 Å². The minimum absolute atomic E-state index is 0.0337. The molecule has 2 aromatic heterocycles. The number of rotatable bonds is 7. The quantitative estimate of drug-likeness (QED) is 0.259. The first-order chi connectivity index (χ1) is 21.1. The minimum Gasteiger partial charge on any atom is -0.444 e. The van der Waals surface area contributed by atoms with Crippen LogP contribution in [0.25, 0.3) is 11.5 Å². The topological polar surface area (TPSA) is 103 Å². The fourth-order valence-corrected chi connectivity index (χ4v) is 6.35. The molecule has 0 unspecified atom stereocenters. The highest BCUT2D eigenvalue weighted by Crippen LogP contribution is 2.50. The lowest BCUT2D eigenvalue weighted by Crippen LogP contribution is -2.36. The number of H-pyrrole nitrogens is 1. The minimum atomic E-state index is -4.68. The molecule has 2 saturated heterocycles. The maximum Gasteiger partial charge on any atom is 0.433 e. The van der Waals surface area contributed by atoms with Crippen LogP contribution in [-0.4, -0.2) is 60.9 Å². The maximum atomic E-state index is 14.8. The molecule has 2 fully saturated rings. The summed E-state index contributed by atoms with van der Waals surface area (Å²) < 4.78 is 77.0. The van der Waals surface area contributed by atoms with E-state index >= 15 is 0 Å². The highest BCUT2D eigenvalue weighted by molar-refractivity contribution is 6.30. The lowest BCUT2D eigenvalue weighted by Gasteiger charge is -2.33. The van der Waals surface area contributed by atoms with Gasteiger partial charge in [0.1, 0.15) is 17.3 Å². The molecule has 0 amide bonds. The van der Waals surface area contributed by atoms with Crippen molar-refractivity contribution in [3.63, 3.8) is 0 Å². The number of nitrogens with zero attached hydrogens (tertiary/aromatic N) is 6. The predicted molar refractivity (Wildman–Crippen MR) is 148 cm³/mol. The van der Waals surface area contributed by atoms with Gasteiger partial charge in [0.2, 0.25) is 5.82 Å². The molecule has 1 N–H and O–H groups in total. The standard InChI is InChI=1S/C29H28ClF4N7O3/c1-28(20-6-5-17(30)13-21(20)31)43-22-4-2-3-19(25(22)44-28)16-7-10-40(11-8-16)15-23-35-24(27-36-38-39-37-27)26(29(32,33)34)41(23)14-18-9-12-42-18/h2-6,13,16,18H,7-12,14-15H2,1H3,(H,36,37,38,39)/t18-,28-/m0/s1. The number of ether oxygens (including phenoxy) is 3. The van der Waals surface area contributed by atoms with Gasteiger partial charge in [0.05, 0.1) is 24.8 Å². The van der Waals surface area contributed by atoms with Gasteiger partial charge in [-0.05, 0) is 67.7 Å². The summed E-state index contributed by atoms with van der Waals surface area (Å²) in [5.74, 6) is -0.636. The molecule has 4 aromatic rings. The third-order valence-electron chi connectivity index (χ3n) is 8.48. The Morgan fingerprint density at radius 3 is 2.57 bits per heavy atom. The van der Waals surface area contributed by atoms with Gasteiger partial charge in [-0.25, -0.2) is 9.37 Å². The lowest BCUT2D eigenvalue weighted by atomic mass is 9.88. The van der Waals surface area contributed by atoms with Crippen molar-refractivity contribution in [2.75, 3.05) is 19.7 Å². The second-order valence-electron chi connectivity index (χ2n) is 11.3. The molecule has 5 heterocycles. The van der Waals surface area contributed by atoms with Crippen molar-refractivity contribution < 1.29 is 31.8 Å². The van der Waals surface area contributed by atoms with E-state index in [0.717, 1.165) is 18.4 Å². The van der Waals surface area contributed by atoms with Crippen LogP contribution in [0.15, 0.2) is 36.4 Å². The van der Waals surface area contributed by atoms with Crippen LogP contribution in [-0.2, 0) is 29.8 Å². The summed E-state index contributed by atoms with van der Waals surface area (Å²) in [5.41, 5.74) is -0.0770. The molecule has 0 spiro atoms. The highest BCUT2D eigenvalue weighted by atomic mass is 35.5. The SMILES string of the molecule is C[C@]1(c2ccc(Cl)cc2F)Oc2cccc(C3CCN(Cc4nc(-c5nn[nH]n5)c(C(F)(F)F)n4C[C@@H]4CCO4)CC3)c2O1. The van der Waals surface area contributed by atoms with Crippen molar-refractivity contribution >= 4 is 11.6 Å². The van der Waals surface area contributed by atoms with Crippen LogP contribution in [0.5, 0.6) is 11.5 Å². The molecular formula is C29H28ClF4N7O3. The van der Waals surface area contributed by atoms with E-state index in [1.54, 1.807) is 25.1 Å². The van der Waals surface area contributed by atoms with E-state index in [4.69, 9.17) is 25.8 Å². The Bertz CT molecular complexity index is 1670. The van der Waals surface area contributed by atoms with Gasteiger partial charge in [-0.1, -0.05) is 23.7 Å². The number of alkyl halides is 3. The highest BCUT2D eigenvalue weighted by Gasteiger charge is 2.44. The van der Waals surface area contributed by atoms with E-state index in [1.165, 1.54) is 10.6 Å².